The normalized spacial score (nSPS) is 24.0. The predicted molar refractivity (Wildman–Crippen MR) is 105 cm³/mol. The number of nitrogens with one attached hydrogen (secondary N) is 1. The third kappa shape index (κ3) is 3.22. The number of hydrogen-bond acceptors (Lipinski definition) is 4. The van der Waals surface area contributed by atoms with Gasteiger partial charge in [-0.25, -0.2) is 0 Å². The van der Waals surface area contributed by atoms with E-state index in [4.69, 9.17) is 0 Å². The van der Waals surface area contributed by atoms with Crippen LogP contribution in [-0.2, 0) is 4.79 Å². The fraction of sp³-hybridized carbons (Fsp3) is 0.500. The van der Waals surface area contributed by atoms with Crippen molar-refractivity contribution in [2.45, 2.75) is 65.5 Å². The molecular weight excluding hydrogens is 332 g/mol. The van der Waals surface area contributed by atoms with Gasteiger partial charge in [-0.3, -0.25) is 14.9 Å². The van der Waals surface area contributed by atoms with Crippen LogP contribution in [0.1, 0.15) is 63.6 Å². The van der Waals surface area contributed by atoms with Gasteiger partial charge in [0.15, 0.2) is 0 Å². The molecule has 1 aromatic carbocycles. The minimum atomic E-state index is -0.301. The van der Waals surface area contributed by atoms with Crippen LogP contribution in [0.3, 0.4) is 0 Å². The highest BCUT2D eigenvalue weighted by atomic mass is 32.2. The Bertz CT molecular complexity index is 780. The van der Waals surface area contributed by atoms with Crippen LogP contribution in [0.5, 0.6) is 0 Å². The second kappa shape index (κ2) is 6.20. The second-order valence-electron chi connectivity index (χ2n) is 8.00. The molecule has 25 heavy (non-hydrogen) atoms. The molecule has 134 valence electrons. The molecule has 0 aromatic heterocycles. The van der Waals surface area contributed by atoms with Gasteiger partial charge >= 0.3 is 0 Å². The summed E-state index contributed by atoms with van der Waals surface area (Å²) < 4.78 is 0. The van der Waals surface area contributed by atoms with E-state index in [9.17, 15) is 9.59 Å². The van der Waals surface area contributed by atoms with Crippen molar-refractivity contribution >= 4 is 34.7 Å². The zero-order chi connectivity index (χ0) is 18.5. The van der Waals surface area contributed by atoms with Crippen molar-refractivity contribution in [2.24, 2.45) is 0 Å². The van der Waals surface area contributed by atoms with E-state index in [-0.39, 0.29) is 16.7 Å². The highest BCUT2D eigenvalue weighted by Gasteiger charge is 2.38. The number of nitrogens with zero attached hydrogens (tertiary/aromatic N) is 1. The molecule has 0 bridgehead atoms. The van der Waals surface area contributed by atoms with Crippen molar-refractivity contribution < 1.29 is 9.59 Å². The SMILES string of the molecule is Cc1cc2c(cc1/C=C1/SC(=O)NC1=O)[C@@H](C)CC(C)(C)N2C(C)C. The first kappa shape index (κ1) is 18.1. The number of carbonyl (C=O) groups excluding carboxylic acids is 2. The summed E-state index contributed by atoms with van der Waals surface area (Å²) in [6.07, 6.45) is 2.93. The predicted octanol–water partition coefficient (Wildman–Crippen LogP) is 4.82. The first-order valence-corrected chi connectivity index (χ1v) is 9.60. The Hall–Kier alpha value is -1.75. The summed E-state index contributed by atoms with van der Waals surface area (Å²) in [4.78, 5) is 26.2. The molecule has 0 spiro atoms. The number of fused-ring (bicyclic) bond motifs is 1. The molecule has 0 saturated carbocycles. The summed E-state index contributed by atoms with van der Waals surface area (Å²) >= 11 is 0.972. The lowest BCUT2D eigenvalue weighted by atomic mass is 9.78. The molecule has 4 nitrogen and oxygen atoms in total. The Balaban J connectivity index is 2.10. The summed E-state index contributed by atoms with van der Waals surface area (Å²) in [6.45, 7) is 13.4. The quantitative estimate of drug-likeness (QED) is 0.770. The minimum absolute atomic E-state index is 0.112. The Morgan fingerprint density at radius 1 is 1.32 bits per heavy atom. The van der Waals surface area contributed by atoms with Gasteiger partial charge in [-0.15, -0.1) is 0 Å². The summed E-state index contributed by atoms with van der Waals surface area (Å²) in [7, 11) is 0. The van der Waals surface area contributed by atoms with Gasteiger partial charge in [0.05, 0.1) is 4.91 Å². The molecule has 0 unspecified atom stereocenters. The average Bonchev–Trinajstić information content (AvgIpc) is 2.77. The Kier molecular flexibility index (Phi) is 4.48. The molecular formula is C20H26N2O2S. The van der Waals surface area contributed by atoms with Gasteiger partial charge in [-0.1, -0.05) is 6.92 Å². The van der Waals surface area contributed by atoms with Gasteiger partial charge in [0.1, 0.15) is 0 Å². The minimum Gasteiger partial charge on any atom is -0.364 e. The van der Waals surface area contributed by atoms with Crippen LogP contribution in [0.4, 0.5) is 10.5 Å². The van der Waals surface area contributed by atoms with Crippen LogP contribution in [0, 0.1) is 6.92 Å². The van der Waals surface area contributed by atoms with Gasteiger partial charge in [0, 0.05) is 17.3 Å². The van der Waals surface area contributed by atoms with E-state index in [0.717, 1.165) is 29.3 Å². The fourth-order valence-corrected chi connectivity index (χ4v) is 4.98. The smallest absolute Gasteiger partial charge is 0.290 e. The van der Waals surface area contributed by atoms with E-state index in [1.54, 1.807) is 0 Å². The van der Waals surface area contributed by atoms with E-state index < -0.39 is 0 Å². The van der Waals surface area contributed by atoms with Crippen molar-refractivity contribution in [3.8, 4) is 0 Å². The van der Waals surface area contributed by atoms with Crippen LogP contribution in [0.25, 0.3) is 6.08 Å². The number of anilines is 1. The Labute approximate surface area is 154 Å². The van der Waals surface area contributed by atoms with Crippen molar-refractivity contribution in [1.82, 2.24) is 5.32 Å². The number of hydrogen-bond donors (Lipinski definition) is 1. The third-order valence-corrected chi connectivity index (χ3v) is 5.92. The number of thioether (sulfide) groups is 1. The zero-order valence-corrected chi connectivity index (χ0v) is 16.6. The van der Waals surface area contributed by atoms with Crippen LogP contribution in [0.15, 0.2) is 17.0 Å². The first-order valence-electron chi connectivity index (χ1n) is 8.79. The van der Waals surface area contributed by atoms with Gasteiger partial charge < -0.3 is 4.90 Å². The maximum atomic E-state index is 11.9. The van der Waals surface area contributed by atoms with Gasteiger partial charge in [0.2, 0.25) is 0 Å². The van der Waals surface area contributed by atoms with Gasteiger partial charge in [-0.05, 0) is 93.6 Å². The summed E-state index contributed by atoms with van der Waals surface area (Å²) in [5.74, 6) is 0.148. The molecule has 2 aliphatic heterocycles. The number of benzene rings is 1. The maximum absolute atomic E-state index is 11.9. The number of rotatable bonds is 2. The van der Waals surface area contributed by atoms with Crippen molar-refractivity contribution in [1.29, 1.82) is 0 Å². The highest BCUT2D eigenvalue weighted by Crippen LogP contribution is 2.45. The molecule has 1 atom stereocenters. The third-order valence-electron chi connectivity index (χ3n) is 5.11. The summed E-state index contributed by atoms with van der Waals surface area (Å²) in [5, 5.41) is 2.02. The zero-order valence-electron chi connectivity index (χ0n) is 15.8. The van der Waals surface area contributed by atoms with Crippen molar-refractivity contribution in [3.05, 3.63) is 33.7 Å². The molecule has 1 saturated heterocycles. The second-order valence-corrected chi connectivity index (χ2v) is 9.02. The molecule has 1 fully saturated rings. The molecule has 2 amide bonds. The fourth-order valence-electron chi connectivity index (χ4n) is 4.31. The average molecular weight is 359 g/mol. The highest BCUT2D eigenvalue weighted by molar-refractivity contribution is 8.18. The number of carbonyl (C=O) groups is 2. The Morgan fingerprint density at radius 2 is 2.00 bits per heavy atom. The molecule has 0 aliphatic carbocycles. The molecule has 0 radical (unpaired) electrons. The summed E-state index contributed by atoms with van der Waals surface area (Å²) in [5.41, 5.74) is 4.86. The monoisotopic (exact) mass is 358 g/mol. The molecule has 2 aliphatic rings. The molecule has 2 heterocycles. The number of imide groups is 1. The van der Waals surface area contributed by atoms with Crippen LogP contribution in [0.2, 0.25) is 0 Å². The van der Waals surface area contributed by atoms with Gasteiger partial charge in [0.25, 0.3) is 11.1 Å². The molecule has 1 N–H and O–H groups in total. The van der Waals surface area contributed by atoms with E-state index in [1.165, 1.54) is 11.3 Å². The van der Waals surface area contributed by atoms with Crippen molar-refractivity contribution in [2.75, 3.05) is 4.90 Å². The maximum Gasteiger partial charge on any atom is 0.290 e. The topological polar surface area (TPSA) is 49.4 Å². The molecule has 3 rings (SSSR count). The summed E-state index contributed by atoms with van der Waals surface area (Å²) in [6, 6.07) is 4.85. The van der Waals surface area contributed by atoms with E-state index in [2.05, 4.69) is 63.9 Å². The lowest BCUT2D eigenvalue weighted by Crippen LogP contribution is -2.51. The molecule has 1 aromatic rings. The first-order chi connectivity index (χ1) is 11.6. The van der Waals surface area contributed by atoms with Crippen LogP contribution in [-0.4, -0.2) is 22.7 Å². The molecule has 5 heteroatoms. The lowest BCUT2D eigenvalue weighted by Gasteiger charge is -2.50. The number of amides is 2. The van der Waals surface area contributed by atoms with Crippen molar-refractivity contribution in [3.63, 3.8) is 0 Å². The van der Waals surface area contributed by atoms with Crippen LogP contribution < -0.4 is 10.2 Å². The number of aryl methyl sites for hydroxylation is 1. The Morgan fingerprint density at radius 3 is 2.56 bits per heavy atom. The lowest BCUT2D eigenvalue weighted by molar-refractivity contribution is -0.115. The van der Waals surface area contributed by atoms with E-state index >= 15 is 0 Å². The van der Waals surface area contributed by atoms with Gasteiger partial charge in [-0.2, -0.15) is 0 Å². The van der Waals surface area contributed by atoms with Crippen LogP contribution >= 0.6 is 11.8 Å². The van der Waals surface area contributed by atoms with E-state index in [0.29, 0.717) is 16.9 Å². The largest absolute Gasteiger partial charge is 0.364 e. The van der Waals surface area contributed by atoms with E-state index in [1.807, 2.05) is 6.08 Å². The standard InChI is InChI=1S/C20H26N2O2S/c1-11(2)22-16-7-12(3)14(9-17-18(23)21-19(24)25-17)8-15(16)13(4)10-20(22,5)6/h7-9,11,13H,10H2,1-6H3,(H,21,23,24)/b17-9+/t13-/m0/s1.